The van der Waals surface area contributed by atoms with Gasteiger partial charge in [0.2, 0.25) is 0 Å². The van der Waals surface area contributed by atoms with Gasteiger partial charge >= 0.3 is 12.1 Å². The molecular formula is C25H28F3N5O3. The van der Waals surface area contributed by atoms with Crippen LogP contribution < -0.4 is 4.90 Å². The van der Waals surface area contributed by atoms with Gasteiger partial charge in [-0.2, -0.15) is 13.2 Å². The number of halogens is 3. The van der Waals surface area contributed by atoms with Gasteiger partial charge in [-0.15, -0.1) is 0 Å². The molecule has 8 nitrogen and oxygen atoms in total. The smallest absolute Gasteiger partial charge is 0.475 e. The Morgan fingerprint density at radius 2 is 1.64 bits per heavy atom. The summed E-state index contributed by atoms with van der Waals surface area (Å²) in [7, 11) is 2.14. The molecule has 1 fully saturated rings. The van der Waals surface area contributed by atoms with Crippen LogP contribution in [-0.2, 0) is 17.9 Å². The molecule has 11 heteroatoms. The van der Waals surface area contributed by atoms with Crippen LogP contribution in [0.15, 0.2) is 48.5 Å². The largest absolute Gasteiger partial charge is 0.490 e. The Kier molecular flexibility index (Phi) is 7.48. The van der Waals surface area contributed by atoms with Gasteiger partial charge in [0.25, 0.3) is 5.91 Å². The van der Waals surface area contributed by atoms with Crippen LogP contribution in [0.25, 0.3) is 10.9 Å². The van der Waals surface area contributed by atoms with E-state index in [-0.39, 0.29) is 5.91 Å². The molecule has 0 saturated carbocycles. The highest BCUT2D eigenvalue weighted by atomic mass is 19.4. The third kappa shape index (κ3) is 5.78. The third-order valence-corrected chi connectivity index (χ3v) is 6.37. The molecule has 4 heterocycles. The lowest BCUT2D eigenvalue weighted by Gasteiger charge is -2.33. The molecule has 0 atom stereocenters. The standard InChI is InChI=1S/C23H27N5O.C2HF3O2/c1-25-12-14-26(15-13-25)22-9-4-7-20(24-22)23(29)27-10-5-11-28-19(17-27)16-18-6-2-3-8-21(18)28;3-2(4,5)1(6)7/h2-4,6-9,16H,5,10-15,17H2,1H3;(H,6,7). The van der Waals surface area contributed by atoms with Gasteiger partial charge in [0, 0.05) is 50.5 Å². The number of pyridine rings is 1. The number of amides is 1. The predicted molar refractivity (Wildman–Crippen MR) is 129 cm³/mol. The number of piperazine rings is 1. The summed E-state index contributed by atoms with van der Waals surface area (Å²) in [5.41, 5.74) is 3.00. The Balaban J connectivity index is 0.000000384. The zero-order valence-electron chi connectivity index (χ0n) is 19.9. The quantitative estimate of drug-likeness (QED) is 0.577. The Hall–Kier alpha value is -3.60. The number of hydrogen-bond donors (Lipinski definition) is 1. The summed E-state index contributed by atoms with van der Waals surface area (Å²) in [6, 6.07) is 16.5. The van der Waals surface area contributed by atoms with Gasteiger partial charge < -0.3 is 24.4 Å². The molecule has 1 aromatic carbocycles. The van der Waals surface area contributed by atoms with Gasteiger partial charge in [0.05, 0.1) is 6.54 Å². The second-order valence-electron chi connectivity index (χ2n) is 8.90. The zero-order valence-corrected chi connectivity index (χ0v) is 19.9. The first-order valence-electron chi connectivity index (χ1n) is 11.7. The summed E-state index contributed by atoms with van der Waals surface area (Å²) in [6.45, 7) is 6.29. The average Bonchev–Trinajstić information content (AvgIpc) is 3.06. The fraction of sp³-hybridized carbons (Fsp3) is 0.400. The number of likely N-dealkylation sites (N-methyl/N-ethyl adjacent to an activating group) is 1. The number of carbonyl (C=O) groups is 2. The maximum absolute atomic E-state index is 13.3. The summed E-state index contributed by atoms with van der Waals surface area (Å²) in [6.07, 6.45) is -4.13. The number of fused-ring (bicyclic) bond motifs is 3. The van der Waals surface area contributed by atoms with Crippen molar-refractivity contribution in [3.8, 4) is 0 Å². The molecule has 1 saturated heterocycles. The van der Waals surface area contributed by atoms with Crippen LogP contribution in [0.5, 0.6) is 0 Å². The highest BCUT2D eigenvalue weighted by molar-refractivity contribution is 5.93. The lowest BCUT2D eigenvalue weighted by atomic mass is 10.2. The van der Waals surface area contributed by atoms with Crippen molar-refractivity contribution in [1.82, 2.24) is 19.4 Å². The van der Waals surface area contributed by atoms with Gasteiger partial charge in [-0.25, -0.2) is 9.78 Å². The molecule has 192 valence electrons. The average molecular weight is 504 g/mol. The highest BCUT2D eigenvalue weighted by Gasteiger charge is 2.38. The number of carbonyl (C=O) groups excluding carboxylic acids is 1. The van der Waals surface area contributed by atoms with Crippen molar-refractivity contribution in [2.45, 2.75) is 25.7 Å². The molecular weight excluding hydrogens is 475 g/mol. The first-order chi connectivity index (χ1) is 17.1. The van der Waals surface area contributed by atoms with Crippen molar-refractivity contribution < 1.29 is 27.9 Å². The number of nitrogens with zero attached hydrogens (tertiary/aromatic N) is 5. The molecule has 2 aliphatic rings. The first-order valence-corrected chi connectivity index (χ1v) is 11.7. The first kappa shape index (κ1) is 25.5. The lowest BCUT2D eigenvalue weighted by molar-refractivity contribution is -0.192. The van der Waals surface area contributed by atoms with Crippen molar-refractivity contribution in [2.24, 2.45) is 0 Å². The van der Waals surface area contributed by atoms with E-state index in [9.17, 15) is 18.0 Å². The minimum Gasteiger partial charge on any atom is -0.475 e. The fourth-order valence-electron chi connectivity index (χ4n) is 4.45. The SMILES string of the molecule is CN1CCN(c2cccc(C(=O)N3CCCn4c(cc5ccccc54)C3)n2)CC1.O=C(O)C(F)(F)F. The Morgan fingerprint density at radius 1 is 0.944 bits per heavy atom. The van der Waals surface area contributed by atoms with E-state index in [0.29, 0.717) is 12.2 Å². The number of para-hydroxylation sites is 1. The van der Waals surface area contributed by atoms with Crippen LogP contribution in [0.1, 0.15) is 22.6 Å². The monoisotopic (exact) mass is 503 g/mol. The molecule has 2 aliphatic heterocycles. The van der Waals surface area contributed by atoms with Crippen molar-refractivity contribution >= 4 is 28.6 Å². The minimum absolute atomic E-state index is 0.0275. The summed E-state index contributed by atoms with van der Waals surface area (Å²) < 4.78 is 34.1. The molecule has 5 rings (SSSR count). The van der Waals surface area contributed by atoms with Gasteiger partial charge in [-0.1, -0.05) is 24.3 Å². The van der Waals surface area contributed by atoms with Crippen molar-refractivity contribution in [1.29, 1.82) is 0 Å². The second kappa shape index (κ2) is 10.6. The van der Waals surface area contributed by atoms with E-state index < -0.39 is 12.1 Å². The maximum atomic E-state index is 13.3. The zero-order chi connectivity index (χ0) is 25.9. The number of aromatic nitrogens is 2. The number of anilines is 1. The van der Waals surface area contributed by atoms with Gasteiger partial charge in [0.1, 0.15) is 11.5 Å². The van der Waals surface area contributed by atoms with E-state index in [4.69, 9.17) is 14.9 Å². The Morgan fingerprint density at radius 3 is 2.33 bits per heavy atom. The lowest BCUT2D eigenvalue weighted by Crippen LogP contribution is -2.45. The van der Waals surface area contributed by atoms with Crippen LogP contribution in [0, 0.1) is 0 Å². The summed E-state index contributed by atoms with van der Waals surface area (Å²) >= 11 is 0. The second-order valence-corrected chi connectivity index (χ2v) is 8.90. The molecule has 1 amide bonds. The summed E-state index contributed by atoms with van der Waals surface area (Å²) in [5.74, 6) is -1.82. The van der Waals surface area contributed by atoms with Crippen molar-refractivity contribution in [3.63, 3.8) is 0 Å². The van der Waals surface area contributed by atoms with Gasteiger partial charge in [-0.3, -0.25) is 4.79 Å². The number of hydrogen-bond acceptors (Lipinski definition) is 5. The number of carboxylic acids is 1. The van der Waals surface area contributed by atoms with Crippen LogP contribution in [-0.4, -0.2) is 82.3 Å². The summed E-state index contributed by atoms with van der Waals surface area (Å²) in [5, 5.41) is 8.37. The van der Waals surface area contributed by atoms with E-state index in [1.165, 1.54) is 16.6 Å². The normalized spacial score (nSPS) is 16.7. The number of aryl methyl sites for hydroxylation is 1. The number of aliphatic carboxylic acids is 1. The third-order valence-electron chi connectivity index (χ3n) is 6.37. The highest BCUT2D eigenvalue weighted by Crippen LogP contribution is 2.25. The van der Waals surface area contributed by atoms with Crippen LogP contribution >= 0.6 is 0 Å². The number of alkyl halides is 3. The van der Waals surface area contributed by atoms with Crippen LogP contribution in [0.2, 0.25) is 0 Å². The van der Waals surface area contributed by atoms with Gasteiger partial charge in [0.15, 0.2) is 0 Å². The number of carboxylic acid groups (broad SMARTS) is 1. The maximum Gasteiger partial charge on any atom is 0.490 e. The minimum atomic E-state index is -5.08. The molecule has 0 spiro atoms. The Labute approximate surface area is 206 Å². The topological polar surface area (TPSA) is 81.9 Å². The molecule has 0 unspecified atom stereocenters. The molecule has 0 radical (unpaired) electrons. The van der Waals surface area contributed by atoms with Gasteiger partial charge in [-0.05, 0) is 43.1 Å². The van der Waals surface area contributed by atoms with E-state index in [0.717, 1.165) is 51.5 Å². The fourth-order valence-corrected chi connectivity index (χ4v) is 4.45. The molecule has 2 aromatic heterocycles. The van der Waals surface area contributed by atoms with Crippen LogP contribution in [0.3, 0.4) is 0 Å². The van der Waals surface area contributed by atoms with Crippen LogP contribution in [0.4, 0.5) is 19.0 Å². The van der Waals surface area contributed by atoms with Crippen molar-refractivity contribution in [3.05, 3.63) is 59.9 Å². The molecule has 3 aromatic rings. The van der Waals surface area contributed by atoms with Crippen molar-refractivity contribution in [2.75, 3.05) is 44.7 Å². The number of benzene rings is 1. The van der Waals surface area contributed by atoms with E-state index in [1.54, 1.807) is 0 Å². The van der Waals surface area contributed by atoms with E-state index >= 15 is 0 Å². The van der Waals surface area contributed by atoms with E-state index in [1.807, 2.05) is 23.1 Å². The molecule has 36 heavy (non-hydrogen) atoms. The number of rotatable bonds is 2. The molecule has 1 N–H and O–H groups in total. The molecule has 0 bridgehead atoms. The van der Waals surface area contributed by atoms with E-state index in [2.05, 4.69) is 51.7 Å². The predicted octanol–water partition coefficient (Wildman–Crippen LogP) is 3.47. The Bertz CT molecular complexity index is 1240. The summed E-state index contributed by atoms with van der Waals surface area (Å²) in [4.78, 5) is 33.5. The molecule has 0 aliphatic carbocycles.